The number of ether oxygens (including phenoxy) is 1. The van der Waals surface area contributed by atoms with Crippen molar-refractivity contribution < 1.29 is 19.0 Å². The third-order valence-corrected chi connectivity index (χ3v) is 1.22. The number of hydrogen-bond donors (Lipinski definition) is 0. The first-order chi connectivity index (χ1) is 6.16. The van der Waals surface area contributed by atoms with E-state index < -0.39 is 22.3 Å². The van der Waals surface area contributed by atoms with Gasteiger partial charge in [0, 0.05) is 0 Å². The average molecular weight is 186 g/mol. The summed E-state index contributed by atoms with van der Waals surface area (Å²) in [5, 5.41) is 13.5. The van der Waals surface area contributed by atoms with Gasteiger partial charge in [-0.25, -0.2) is 4.79 Å². The fourth-order valence-corrected chi connectivity index (χ4v) is 0.702. The second-order valence-electron chi connectivity index (χ2n) is 2.03. The highest BCUT2D eigenvalue weighted by Gasteiger charge is 2.26. The number of aromatic nitrogens is 1. The van der Waals surface area contributed by atoms with Gasteiger partial charge in [0.25, 0.3) is 5.69 Å². The number of esters is 1. The lowest BCUT2D eigenvalue weighted by Crippen LogP contribution is -2.07. The molecule has 1 aromatic rings. The molecule has 0 aliphatic carbocycles. The quantitative estimate of drug-likeness (QED) is 0.392. The van der Waals surface area contributed by atoms with Gasteiger partial charge in [0.1, 0.15) is 0 Å². The maximum Gasteiger partial charge on any atom is 0.367 e. The minimum Gasteiger partial charge on any atom is -0.461 e. The van der Waals surface area contributed by atoms with Crippen LogP contribution in [0.15, 0.2) is 10.8 Å². The molecular weight excluding hydrogens is 180 g/mol. The second-order valence-corrected chi connectivity index (χ2v) is 2.03. The SMILES string of the molecule is CCOC(=O)c1nocc1[N+](=O)[O-]. The summed E-state index contributed by atoms with van der Waals surface area (Å²) in [6, 6.07) is 0. The van der Waals surface area contributed by atoms with Gasteiger partial charge < -0.3 is 9.26 Å². The second kappa shape index (κ2) is 3.65. The largest absolute Gasteiger partial charge is 0.461 e. The fraction of sp³-hybridized carbons (Fsp3) is 0.333. The number of carbonyl (C=O) groups is 1. The molecule has 13 heavy (non-hydrogen) atoms. The van der Waals surface area contributed by atoms with Gasteiger partial charge in [-0.1, -0.05) is 5.16 Å². The van der Waals surface area contributed by atoms with Crippen LogP contribution in [0.1, 0.15) is 17.4 Å². The monoisotopic (exact) mass is 186 g/mol. The molecule has 0 radical (unpaired) electrons. The minimum absolute atomic E-state index is 0.128. The molecule has 0 saturated carbocycles. The molecule has 0 spiro atoms. The van der Waals surface area contributed by atoms with Crippen molar-refractivity contribution in [1.29, 1.82) is 0 Å². The number of nitrogens with zero attached hydrogens (tertiary/aromatic N) is 2. The van der Waals surface area contributed by atoms with Crippen LogP contribution in [0.3, 0.4) is 0 Å². The van der Waals surface area contributed by atoms with Gasteiger partial charge in [-0.3, -0.25) is 10.1 Å². The van der Waals surface area contributed by atoms with Crippen molar-refractivity contribution in [3.63, 3.8) is 0 Å². The Hall–Kier alpha value is -1.92. The first-order valence-corrected chi connectivity index (χ1v) is 3.42. The first-order valence-electron chi connectivity index (χ1n) is 3.42. The maximum atomic E-state index is 11.0. The van der Waals surface area contributed by atoms with Crippen molar-refractivity contribution in [1.82, 2.24) is 5.16 Å². The molecule has 1 aromatic heterocycles. The van der Waals surface area contributed by atoms with E-state index in [0.717, 1.165) is 6.26 Å². The minimum atomic E-state index is -0.858. The predicted molar refractivity (Wildman–Crippen MR) is 39.1 cm³/mol. The molecule has 0 unspecified atom stereocenters. The molecule has 0 bridgehead atoms. The lowest BCUT2D eigenvalue weighted by atomic mass is 10.4. The van der Waals surface area contributed by atoms with Crippen LogP contribution in [0.2, 0.25) is 0 Å². The summed E-state index contributed by atoms with van der Waals surface area (Å²) in [5.74, 6) is -0.858. The Morgan fingerprint density at radius 2 is 2.54 bits per heavy atom. The molecule has 7 nitrogen and oxygen atoms in total. The van der Waals surface area contributed by atoms with Crippen molar-refractivity contribution in [3.8, 4) is 0 Å². The Labute approximate surface area is 72.4 Å². The number of nitro groups is 1. The summed E-state index contributed by atoms with van der Waals surface area (Å²) in [5.41, 5.74) is -0.898. The van der Waals surface area contributed by atoms with Crippen molar-refractivity contribution >= 4 is 11.7 Å². The van der Waals surface area contributed by atoms with E-state index in [2.05, 4.69) is 14.4 Å². The molecule has 0 aliphatic rings. The highest BCUT2D eigenvalue weighted by molar-refractivity contribution is 5.91. The van der Waals surface area contributed by atoms with Crippen LogP contribution in [0, 0.1) is 10.1 Å². The molecule has 1 rings (SSSR count). The van der Waals surface area contributed by atoms with E-state index in [9.17, 15) is 14.9 Å². The zero-order valence-electron chi connectivity index (χ0n) is 6.72. The zero-order chi connectivity index (χ0) is 9.84. The van der Waals surface area contributed by atoms with E-state index in [-0.39, 0.29) is 6.61 Å². The Balaban J connectivity index is 2.93. The normalized spacial score (nSPS) is 9.62. The molecule has 70 valence electrons. The number of rotatable bonds is 3. The molecule has 0 aromatic carbocycles. The Kier molecular flexibility index (Phi) is 2.58. The van der Waals surface area contributed by atoms with E-state index in [0.29, 0.717) is 0 Å². The third kappa shape index (κ3) is 1.81. The standard InChI is InChI=1S/C6H6N2O5/c1-2-12-6(9)5-4(8(10)11)3-13-7-5/h3H,2H2,1H3. The van der Waals surface area contributed by atoms with Crippen LogP contribution in [-0.4, -0.2) is 22.7 Å². The van der Waals surface area contributed by atoms with Crippen LogP contribution in [-0.2, 0) is 4.74 Å². The molecular formula is C6H6N2O5. The zero-order valence-corrected chi connectivity index (χ0v) is 6.72. The summed E-state index contributed by atoms with van der Waals surface area (Å²) in [4.78, 5) is 20.5. The van der Waals surface area contributed by atoms with Gasteiger partial charge in [0.15, 0.2) is 0 Å². The summed E-state index contributed by atoms with van der Waals surface area (Å²) in [7, 11) is 0. The molecule has 0 fully saturated rings. The Bertz CT molecular complexity index is 332. The average Bonchev–Trinajstić information content (AvgIpc) is 2.52. The van der Waals surface area contributed by atoms with Gasteiger partial charge in [-0.15, -0.1) is 0 Å². The van der Waals surface area contributed by atoms with Gasteiger partial charge in [-0.2, -0.15) is 0 Å². The molecule has 0 atom stereocenters. The van der Waals surface area contributed by atoms with Crippen LogP contribution < -0.4 is 0 Å². The topological polar surface area (TPSA) is 95.5 Å². The van der Waals surface area contributed by atoms with Crippen LogP contribution in [0.4, 0.5) is 5.69 Å². The van der Waals surface area contributed by atoms with Crippen molar-refractivity contribution in [2.75, 3.05) is 6.61 Å². The smallest absolute Gasteiger partial charge is 0.367 e. The van der Waals surface area contributed by atoms with Crippen LogP contribution in [0.25, 0.3) is 0 Å². The summed E-state index contributed by atoms with van der Waals surface area (Å²) >= 11 is 0. The van der Waals surface area contributed by atoms with Gasteiger partial charge in [0.2, 0.25) is 6.26 Å². The van der Waals surface area contributed by atoms with Crippen LogP contribution >= 0.6 is 0 Å². The Morgan fingerprint density at radius 3 is 3.08 bits per heavy atom. The maximum absolute atomic E-state index is 11.0. The van der Waals surface area contributed by atoms with E-state index in [1.54, 1.807) is 6.92 Å². The van der Waals surface area contributed by atoms with Crippen molar-refractivity contribution in [2.24, 2.45) is 0 Å². The summed E-state index contributed by atoms with van der Waals surface area (Å²) in [6.07, 6.45) is 0.784. The summed E-state index contributed by atoms with van der Waals surface area (Å²) in [6.45, 7) is 1.71. The molecule has 0 N–H and O–H groups in total. The molecule has 1 heterocycles. The van der Waals surface area contributed by atoms with E-state index >= 15 is 0 Å². The molecule has 0 amide bonds. The predicted octanol–water partition coefficient (Wildman–Crippen LogP) is 0.760. The fourth-order valence-electron chi connectivity index (χ4n) is 0.702. The van der Waals surface area contributed by atoms with Crippen LogP contribution in [0.5, 0.6) is 0 Å². The van der Waals surface area contributed by atoms with E-state index in [4.69, 9.17) is 0 Å². The van der Waals surface area contributed by atoms with Gasteiger partial charge >= 0.3 is 11.7 Å². The lowest BCUT2D eigenvalue weighted by molar-refractivity contribution is -0.385. The molecule has 0 aliphatic heterocycles. The van der Waals surface area contributed by atoms with Crippen molar-refractivity contribution in [3.05, 3.63) is 22.1 Å². The summed E-state index contributed by atoms with van der Waals surface area (Å²) < 4.78 is 8.79. The van der Waals surface area contributed by atoms with E-state index in [1.807, 2.05) is 0 Å². The highest BCUT2D eigenvalue weighted by Crippen LogP contribution is 2.16. The van der Waals surface area contributed by atoms with E-state index in [1.165, 1.54) is 0 Å². The highest BCUT2D eigenvalue weighted by atomic mass is 16.6. The number of carbonyl (C=O) groups excluding carboxylic acids is 1. The van der Waals surface area contributed by atoms with Gasteiger partial charge in [0.05, 0.1) is 11.5 Å². The number of hydrogen-bond acceptors (Lipinski definition) is 6. The molecule has 0 saturated heterocycles. The Morgan fingerprint density at radius 1 is 1.85 bits per heavy atom. The van der Waals surface area contributed by atoms with Gasteiger partial charge in [-0.05, 0) is 6.92 Å². The lowest BCUT2D eigenvalue weighted by Gasteiger charge is -1.95. The third-order valence-electron chi connectivity index (χ3n) is 1.22. The molecule has 7 heteroatoms. The van der Waals surface area contributed by atoms with Crippen molar-refractivity contribution in [2.45, 2.75) is 6.92 Å². The first kappa shape index (κ1) is 9.17.